The van der Waals surface area contributed by atoms with Gasteiger partial charge in [0.05, 0.1) is 0 Å². The van der Waals surface area contributed by atoms with Crippen LogP contribution >= 0.6 is 0 Å². The number of allylic oxidation sites excluding steroid dienone is 1. The summed E-state index contributed by atoms with van der Waals surface area (Å²) in [6.07, 6.45) is 7.23. The number of nitrogens with one attached hydrogen (secondary N) is 1. The first-order valence-electron chi connectivity index (χ1n) is 6.28. The predicted molar refractivity (Wildman–Crippen MR) is 67.1 cm³/mol. The van der Waals surface area contributed by atoms with E-state index in [9.17, 15) is 4.79 Å². The Bertz CT molecular complexity index is 251. The number of hydrogen-bond donors (Lipinski definition) is 1. The van der Waals surface area contributed by atoms with Gasteiger partial charge in [0.15, 0.2) is 0 Å². The molecule has 0 aliphatic carbocycles. The van der Waals surface area contributed by atoms with Gasteiger partial charge in [-0.2, -0.15) is 0 Å². The molecule has 2 unspecified atom stereocenters. The van der Waals surface area contributed by atoms with E-state index in [2.05, 4.69) is 33.0 Å². The fourth-order valence-electron chi connectivity index (χ4n) is 2.21. The fraction of sp³-hybridized carbons (Fsp3) is 0.769. The second kappa shape index (κ2) is 5.92. The van der Waals surface area contributed by atoms with E-state index < -0.39 is 0 Å². The van der Waals surface area contributed by atoms with Gasteiger partial charge in [-0.1, -0.05) is 19.9 Å². The van der Waals surface area contributed by atoms with Gasteiger partial charge in [-0.25, -0.2) is 4.79 Å². The Morgan fingerprint density at radius 2 is 1.88 bits per heavy atom. The molecule has 1 rings (SSSR count). The lowest BCUT2D eigenvalue weighted by Gasteiger charge is -2.38. The first-order valence-corrected chi connectivity index (χ1v) is 6.28. The normalized spacial score (nSPS) is 26.4. The van der Waals surface area contributed by atoms with E-state index in [1.165, 1.54) is 6.42 Å². The van der Waals surface area contributed by atoms with E-state index in [0.717, 1.165) is 12.8 Å². The van der Waals surface area contributed by atoms with Crippen LogP contribution < -0.4 is 5.32 Å². The van der Waals surface area contributed by atoms with Gasteiger partial charge in [-0.05, 0) is 39.0 Å². The Hall–Kier alpha value is -0.990. The first kappa shape index (κ1) is 13.1. The molecular formula is C13H24N2O. The SMILES string of the molecule is CC(C)/C=C/NC(=O)N1C(C)CCCC1C. The van der Waals surface area contributed by atoms with Crippen LogP contribution in [0.1, 0.15) is 47.0 Å². The number of urea groups is 1. The van der Waals surface area contributed by atoms with Crippen LogP contribution in [0.2, 0.25) is 0 Å². The van der Waals surface area contributed by atoms with Crippen molar-refractivity contribution in [2.24, 2.45) is 5.92 Å². The number of piperidine rings is 1. The van der Waals surface area contributed by atoms with Gasteiger partial charge in [0.25, 0.3) is 0 Å². The number of amides is 2. The van der Waals surface area contributed by atoms with Crippen LogP contribution in [0.25, 0.3) is 0 Å². The van der Waals surface area contributed by atoms with E-state index in [1.54, 1.807) is 6.20 Å². The van der Waals surface area contributed by atoms with Gasteiger partial charge in [0.2, 0.25) is 0 Å². The smallest absolute Gasteiger partial charge is 0.319 e. The molecule has 16 heavy (non-hydrogen) atoms. The van der Waals surface area contributed by atoms with E-state index >= 15 is 0 Å². The lowest BCUT2D eigenvalue weighted by molar-refractivity contribution is 0.126. The van der Waals surface area contributed by atoms with Crippen LogP contribution in [0.15, 0.2) is 12.3 Å². The molecule has 0 aromatic carbocycles. The van der Waals surface area contributed by atoms with E-state index in [-0.39, 0.29) is 6.03 Å². The third-order valence-electron chi connectivity index (χ3n) is 3.12. The van der Waals surface area contributed by atoms with Crippen molar-refractivity contribution in [3.63, 3.8) is 0 Å². The molecule has 1 saturated heterocycles. The van der Waals surface area contributed by atoms with E-state index in [1.807, 2.05) is 11.0 Å². The van der Waals surface area contributed by atoms with Crippen LogP contribution in [0.4, 0.5) is 4.79 Å². The Balaban J connectivity index is 2.51. The summed E-state index contributed by atoms with van der Waals surface area (Å²) in [5, 5.41) is 2.85. The number of nitrogens with zero attached hydrogens (tertiary/aromatic N) is 1. The third kappa shape index (κ3) is 3.54. The Morgan fingerprint density at radius 3 is 2.38 bits per heavy atom. The number of rotatable bonds is 2. The third-order valence-corrected chi connectivity index (χ3v) is 3.12. The average Bonchev–Trinajstić information content (AvgIpc) is 2.16. The summed E-state index contributed by atoms with van der Waals surface area (Å²) < 4.78 is 0. The van der Waals surface area contributed by atoms with Gasteiger partial charge in [-0.15, -0.1) is 0 Å². The van der Waals surface area contributed by atoms with Crippen LogP contribution in [0.3, 0.4) is 0 Å². The summed E-state index contributed by atoms with van der Waals surface area (Å²) >= 11 is 0. The predicted octanol–water partition coefficient (Wildman–Crippen LogP) is 3.13. The lowest BCUT2D eigenvalue weighted by atomic mass is 9.98. The first-order chi connectivity index (χ1) is 7.52. The van der Waals surface area contributed by atoms with Crippen molar-refractivity contribution < 1.29 is 4.79 Å². The Labute approximate surface area is 98.9 Å². The van der Waals surface area contributed by atoms with Gasteiger partial charge >= 0.3 is 6.03 Å². The summed E-state index contributed by atoms with van der Waals surface area (Å²) in [6.45, 7) is 8.44. The summed E-state index contributed by atoms with van der Waals surface area (Å²) in [4.78, 5) is 13.9. The highest BCUT2D eigenvalue weighted by Crippen LogP contribution is 2.22. The monoisotopic (exact) mass is 224 g/mol. The molecule has 1 aliphatic rings. The molecular weight excluding hydrogens is 200 g/mol. The van der Waals surface area contributed by atoms with Crippen LogP contribution in [0, 0.1) is 5.92 Å². The summed E-state index contributed by atoms with van der Waals surface area (Å²) in [6, 6.07) is 0.754. The Kier molecular flexibility index (Phi) is 4.84. The van der Waals surface area contributed by atoms with Gasteiger partial charge in [-0.3, -0.25) is 0 Å². The highest BCUT2D eigenvalue weighted by Gasteiger charge is 2.28. The summed E-state index contributed by atoms with van der Waals surface area (Å²) in [5.74, 6) is 0.469. The van der Waals surface area contributed by atoms with Gasteiger partial charge in [0.1, 0.15) is 0 Å². The quantitative estimate of drug-likeness (QED) is 0.768. The highest BCUT2D eigenvalue weighted by molar-refractivity contribution is 5.76. The molecule has 1 aliphatic heterocycles. The molecule has 1 heterocycles. The maximum absolute atomic E-state index is 12.0. The van der Waals surface area contributed by atoms with Gasteiger partial charge < -0.3 is 10.2 Å². The van der Waals surface area contributed by atoms with Crippen LogP contribution in [0.5, 0.6) is 0 Å². The number of carbonyl (C=O) groups is 1. The van der Waals surface area contributed by atoms with E-state index in [0.29, 0.717) is 18.0 Å². The van der Waals surface area contributed by atoms with Gasteiger partial charge in [0, 0.05) is 18.3 Å². The molecule has 92 valence electrons. The van der Waals surface area contributed by atoms with Crippen molar-refractivity contribution in [1.29, 1.82) is 0 Å². The van der Waals surface area contributed by atoms with Crippen molar-refractivity contribution in [2.75, 3.05) is 0 Å². The largest absolute Gasteiger partial charge is 0.321 e. The minimum Gasteiger partial charge on any atom is -0.319 e. The summed E-state index contributed by atoms with van der Waals surface area (Å²) in [5.41, 5.74) is 0. The molecule has 0 spiro atoms. The average molecular weight is 224 g/mol. The molecule has 3 heteroatoms. The molecule has 0 bridgehead atoms. The molecule has 2 atom stereocenters. The maximum Gasteiger partial charge on any atom is 0.321 e. The highest BCUT2D eigenvalue weighted by atomic mass is 16.2. The van der Waals surface area contributed by atoms with Crippen molar-refractivity contribution >= 4 is 6.03 Å². The topological polar surface area (TPSA) is 32.3 Å². The van der Waals surface area contributed by atoms with Crippen molar-refractivity contribution in [3.8, 4) is 0 Å². The second-order valence-corrected chi connectivity index (χ2v) is 5.09. The zero-order chi connectivity index (χ0) is 12.1. The molecule has 0 aromatic rings. The molecule has 3 nitrogen and oxygen atoms in total. The minimum absolute atomic E-state index is 0.0385. The molecule has 2 amide bonds. The second-order valence-electron chi connectivity index (χ2n) is 5.09. The van der Waals surface area contributed by atoms with E-state index in [4.69, 9.17) is 0 Å². The lowest BCUT2D eigenvalue weighted by Crippen LogP contribution is -2.50. The summed E-state index contributed by atoms with van der Waals surface area (Å²) in [7, 11) is 0. The molecule has 0 saturated carbocycles. The minimum atomic E-state index is 0.0385. The molecule has 0 aromatic heterocycles. The Morgan fingerprint density at radius 1 is 1.31 bits per heavy atom. The van der Waals surface area contributed by atoms with Crippen molar-refractivity contribution in [1.82, 2.24) is 10.2 Å². The van der Waals surface area contributed by atoms with Crippen molar-refractivity contribution in [2.45, 2.75) is 59.0 Å². The zero-order valence-corrected chi connectivity index (χ0v) is 10.9. The molecule has 1 N–H and O–H groups in total. The maximum atomic E-state index is 12.0. The number of carbonyl (C=O) groups excluding carboxylic acids is 1. The molecule has 1 fully saturated rings. The fourth-order valence-corrected chi connectivity index (χ4v) is 2.21. The number of hydrogen-bond acceptors (Lipinski definition) is 1. The van der Waals surface area contributed by atoms with Crippen molar-refractivity contribution in [3.05, 3.63) is 12.3 Å². The zero-order valence-electron chi connectivity index (χ0n) is 10.9. The molecule has 0 radical (unpaired) electrons. The standard InChI is InChI=1S/C13H24N2O/c1-10(2)8-9-14-13(16)15-11(3)6-5-7-12(15)4/h8-12H,5-7H2,1-4H3,(H,14,16)/b9-8+. The number of likely N-dealkylation sites (tertiary alicyclic amines) is 1. The van der Waals surface area contributed by atoms with Crippen LogP contribution in [-0.4, -0.2) is 23.0 Å². The van der Waals surface area contributed by atoms with Crippen LogP contribution in [-0.2, 0) is 0 Å².